The van der Waals surface area contributed by atoms with Gasteiger partial charge in [0.2, 0.25) is 0 Å². The second-order valence-electron chi connectivity index (χ2n) is 6.76. The number of rotatable bonds is 6. The highest BCUT2D eigenvalue weighted by Gasteiger charge is 2.29. The molecular weight excluding hydrogens is 284 g/mol. The third kappa shape index (κ3) is 4.07. The summed E-state index contributed by atoms with van der Waals surface area (Å²) >= 11 is 0. The molecule has 0 saturated carbocycles. The maximum absolute atomic E-state index is 10.5. The van der Waals surface area contributed by atoms with Crippen molar-refractivity contribution in [2.45, 2.75) is 51.9 Å². The van der Waals surface area contributed by atoms with Gasteiger partial charge in [-0.25, -0.2) is 0 Å². The Morgan fingerprint density at radius 2 is 1.96 bits per heavy atom. The van der Waals surface area contributed by atoms with Gasteiger partial charge in [0.25, 0.3) is 0 Å². The fourth-order valence-corrected chi connectivity index (χ4v) is 3.52. The van der Waals surface area contributed by atoms with Crippen LogP contribution in [0.3, 0.4) is 0 Å². The average molecular weight is 312 g/mol. The van der Waals surface area contributed by atoms with Crippen molar-refractivity contribution < 1.29 is 10.2 Å². The predicted octanol–water partition coefficient (Wildman–Crippen LogP) is 5.62. The lowest BCUT2D eigenvalue weighted by Crippen LogP contribution is -2.17. The van der Waals surface area contributed by atoms with Gasteiger partial charge in [-0.15, -0.1) is 6.58 Å². The zero-order valence-corrected chi connectivity index (χ0v) is 14.3. The van der Waals surface area contributed by atoms with Gasteiger partial charge in [0, 0.05) is 11.5 Å². The zero-order valence-electron chi connectivity index (χ0n) is 14.3. The van der Waals surface area contributed by atoms with Crippen LogP contribution in [-0.4, -0.2) is 10.2 Å². The van der Waals surface area contributed by atoms with Crippen LogP contribution in [0.5, 0.6) is 11.5 Å². The molecule has 2 rings (SSSR count). The summed E-state index contributed by atoms with van der Waals surface area (Å²) in [6.07, 6.45) is 8.87. The number of allylic oxidation sites excluding steroid dienone is 4. The lowest BCUT2D eigenvalue weighted by Gasteiger charge is -2.31. The lowest BCUT2D eigenvalue weighted by molar-refractivity contribution is 0.406. The molecule has 0 saturated heterocycles. The summed E-state index contributed by atoms with van der Waals surface area (Å²) < 4.78 is 0. The van der Waals surface area contributed by atoms with Crippen LogP contribution in [0.1, 0.15) is 56.6 Å². The van der Waals surface area contributed by atoms with E-state index in [1.54, 1.807) is 12.1 Å². The van der Waals surface area contributed by atoms with Gasteiger partial charge in [0.15, 0.2) is 0 Å². The first-order chi connectivity index (χ1) is 10.9. The molecule has 2 N–H and O–H groups in total. The molecule has 1 aliphatic rings. The minimum atomic E-state index is 0.00322. The Hall–Kier alpha value is -1.96. The van der Waals surface area contributed by atoms with Crippen LogP contribution in [0.25, 0.3) is 0 Å². The number of hydrogen-bond acceptors (Lipinski definition) is 2. The first-order valence-electron chi connectivity index (χ1n) is 8.42. The third-order valence-corrected chi connectivity index (χ3v) is 4.78. The lowest BCUT2D eigenvalue weighted by atomic mass is 9.73. The van der Waals surface area contributed by atoms with Crippen LogP contribution in [0, 0.1) is 5.92 Å². The van der Waals surface area contributed by atoms with Crippen LogP contribution < -0.4 is 0 Å². The molecule has 0 heterocycles. The summed E-state index contributed by atoms with van der Waals surface area (Å²) in [5, 5.41) is 21.1. The molecule has 0 amide bonds. The highest BCUT2D eigenvalue weighted by Crippen LogP contribution is 2.46. The van der Waals surface area contributed by atoms with E-state index in [4.69, 9.17) is 0 Å². The molecule has 0 unspecified atom stereocenters. The minimum Gasteiger partial charge on any atom is -0.507 e. The summed E-state index contributed by atoms with van der Waals surface area (Å²) in [4.78, 5) is 0. The molecule has 124 valence electrons. The fraction of sp³-hybridized carbons (Fsp3) is 0.429. The van der Waals surface area contributed by atoms with Crippen LogP contribution in [-0.2, 0) is 6.42 Å². The smallest absolute Gasteiger partial charge is 0.123 e. The SMILES string of the molecule is C=CCCCc1cc(O)c([C@@H]2C=C(C)CC[C@H]2C(=C)C)c(O)c1. The number of benzene rings is 1. The molecule has 0 aliphatic heterocycles. The molecule has 1 aliphatic carbocycles. The van der Waals surface area contributed by atoms with Gasteiger partial charge in [-0.1, -0.05) is 29.9 Å². The third-order valence-electron chi connectivity index (χ3n) is 4.78. The van der Waals surface area contributed by atoms with Gasteiger partial charge < -0.3 is 10.2 Å². The number of phenols is 2. The van der Waals surface area contributed by atoms with E-state index < -0.39 is 0 Å². The highest BCUT2D eigenvalue weighted by molar-refractivity contribution is 5.51. The van der Waals surface area contributed by atoms with Gasteiger partial charge >= 0.3 is 0 Å². The first kappa shape index (κ1) is 17.4. The number of unbranched alkanes of at least 4 members (excludes halogenated alkanes) is 1. The van der Waals surface area contributed by atoms with Crippen molar-refractivity contribution in [2.24, 2.45) is 5.92 Å². The summed E-state index contributed by atoms with van der Waals surface area (Å²) in [6.45, 7) is 12.0. The highest BCUT2D eigenvalue weighted by atomic mass is 16.3. The number of aryl methyl sites for hydroxylation is 1. The Morgan fingerprint density at radius 1 is 1.30 bits per heavy atom. The zero-order chi connectivity index (χ0) is 17.0. The van der Waals surface area contributed by atoms with Crippen molar-refractivity contribution in [1.29, 1.82) is 0 Å². The van der Waals surface area contributed by atoms with E-state index in [1.165, 1.54) is 5.57 Å². The molecule has 2 nitrogen and oxygen atoms in total. The van der Waals surface area contributed by atoms with Gasteiger partial charge in [-0.3, -0.25) is 0 Å². The van der Waals surface area contributed by atoms with E-state index in [1.807, 2.05) is 13.0 Å². The normalized spacial score (nSPS) is 20.9. The van der Waals surface area contributed by atoms with Gasteiger partial charge in [0.05, 0.1) is 0 Å². The molecule has 2 heteroatoms. The van der Waals surface area contributed by atoms with E-state index in [2.05, 4.69) is 26.2 Å². The van der Waals surface area contributed by atoms with E-state index in [0.29, 0.717) is 5.56 Å². The fourth-order valence-electron chi connectivity index (χ4n) is 3.52. The Kier molecular flexibility index (Phi) is 5.70. The second kappa shape index (κ2) is 7.54. The molecule has 0 fully saturated rings. The van der Waals surface area contributed by atoms with Crippen molar-refractivity contribution in [3.63, 3.8) is 0 Å². The number of hydrogen-bond donors (Lipinski definition) is 2. The van der Waals surface area contributed by atoms with Crippen molar-refractivity contribution in [1.82, 2.24) is 0 Å². The van der Waals surface area contributed by atoms with Crippen molar-refractivity contribution >= 4 is 0 Å². The van der Waals surface area contributed by atoms with E-state index in [-0.39, 0.29) is 23.3 Å². The Morgan fingerprint density at radius 3 is 2.52 bits per heavy atom. The average Bonchev–Trinajstić information content (AvgIpc) is 2.46. The van der Waals surface area contributed by atoms with E-state index in [0.717, 1.165) is 43.2 Å². The molecule has 23 heavy (non-hydrogen) atoms. The van der Waals surface area contributed by atoms with Crippen molar-refractivity contribution in [2.75, 3.05) is 0 Å². The monoisotopic (exact) mass is 312 g/mol. The summed E-state index contributed by atoms with van der Waals surface area (Å²) in [5.41, 5.74) is 4.02. The van der Waals surface area contributed by atoms with E-state index >= 15 is 0 Å². The Labute approximate surface area is 139 Å². The molecule has 0 aromatic heterocycles. The summed E-state index contributed by atoms with van der Waals surface area (Å²) in [7, 11) is 0. The Balaban J connectivity index is 2.35. The second-order valence-corrected chi connectivity index (χ2v) is 6.76. The standard InChI is InChI=1S/C21H28O2/c1-5-6-7-8-16-12-19(22)21(20(23)13-16)18-11-15(4)9-10-17(18)14(2)3/h5,11-13,17-18,22-23H,1-2,6-10H2,3-4H3/t17-,18+/m0/s1. The quantitative estimate of drug-likeness (QED) is 0.528. The Bertz CT molecular complexity index is 602. The van der Waals surface area contributed by atoms with Gasteiger partial charge in [0.1, 0.15) is 11.5 Å². The predicted molar refractivity (Wildman–Crippen MR) is 96.9 cm³/mol. The summed E-state index contributed by atoms with van der Waals surface area (Å²) in [5.74, 6) is 0.659. The minimum absolute atomic E-state index is 0.00322. The topological polar surface area (TPSA) is 40.5 Å². The number of phenolic OH excluding ortho intramolecular Hbond substituents is 2. The maximum Gasteiger partial charge on any atom is 0.123 e. The van der Waals surface area contributed by atoms with Crippen LogP contribution in [0.2, 0.25) is 0 Å². The molecule has 0 spiro atoms. The first-order valence-corrected chi connectivity index (χ1v) is 8.42. The van der Waals surface area contributed by atoms with Crippen molar-refractivity contribution in [3.05, 3.63) is 59.7 Å². The van der Waals surface area contributed by atoms with Crippen LogP contribution in [0.4, 0.5) is 0 Å². The largest absolute Gasteiger partial charge is 0.507 e. The molecular formula is C21H28O2. The summed E-state index contributed by atoms with van der Waals surface area (Å²) in [6, 6.07) is 3.59. The van der Waals surface area contributed by atoms with Gasteiger partial charge in [-0.05, 0) is 69.6 Å². The molecule has 1 aromatic rings. The number of aromatic hydroxyl groups is 2. The van der Waals surface area contributed by atoms with Crippen LogP contribution >= 0.6 is 0 Å². The van der Waals surface area contributed by atoms with Crippen molar-refractivity contribution in [3.8, 4) is 11.5 Å². The molecule has 0 radical (unpaired) electrons. The maximum atomic E-state index is 10.5. The van der Waals surface area contributed by atoms with Crippen LogP contribution in [0.15, 0.2) is 48.6 Å². The van der Waals surface area contributed by atoms with E-state index in [9.17, 15) is 10.2 Å². The molecule has 0 bridgehead atoms. The molecule has 2 atom stereocenters. The van der Waals surface area contributed by atoms with Gasteiger partial charge in [-0.2, -0.15) is 0 Å². The molecule has 1 aromatic carbocycles.